The predicted octanol–water partition coefficient (Wildman–Crippen LogP) is 1.07. The van der Waals surface area contributed by atoms with Gasteiger partial charge in [0.25, 0.3) is 0 Å². The van der Waals surface area contributed by atoms with E-state index in [1.165, 1.54) is 0 Å². The highest BCUT2D eigenvalue weighted by atomic mass is 32.2. The van der Waals surface area contributed by atoms with E-state index in [1.54, 1.807) is 62.4 Å². The summed E-state index contributed by atoms with van der Waals surface area (Å²) in [6.45, 7) is 5.28. The van der Waals surface area contributed by atoms with E-state index >= 15 is 0 Å². The monoisotopic (exact) mass is 563 g/mol. The molecule has 2 aromatic carbocycles. The van der Waals surface area contributed by atoms with Gasteiger partial charge in [-0.15, -0.1) is 0 Å². The summed E-state index contributed by atoms with van der Waals surface area (Å²) in [4.78, 5) is 24.8. The van der Waals surface area contributed by atoms with Crippen molar-refractivity contribution in [2.24, 2.45) is 17.4 Å². The number of hydrogen-bond donors (Lipinski definition) is 8. The molecule has 13 heteroatoms. The molecular formula is C25H37N7O4S2. The number of carbonyl (C=O) groups is 2. The molecule has 0 saturated heterocycles. The predicted molar refractivity (Wildman–Crippen MR) is 154 cm³/mol. The number of nitrogen functional groups attached to an aromatic ring is 2. The molecule has 0 aliphatic carbocycles. The van der Waals surface area contributed by atoms with Crippen molar-refractivity contribution in [1.82, 2.24) is 15.4 Å². The van der Waals surface area contributed by atoms with Gasteiger partial charge in [-0.1, -0.05) is 69.3 Å². The lowest BCUT2D eigenvalue weighted by Gasteiger charge is -2.21. The van der Waals surface area contributed by atoms with Crippen LogP contribution in [0.5, 0.6) is 0 Å². The Morgan fingerprint density at radius 2 is 1.34 bits per heavy atom. The largest absolute Gasteiger partial charge is 0.384 e. The smallest absolute Gasteiger partial charge is 0.239 e. The van der Waals surface area contributed by atoms with E-state index in [2.05, 4.69) is 28.0 Å². The number of nitrogens with two attached hydrogens (primary N) is 2. The zero-order valence-corrected chi connectivity index (χ0v) is 23.5. The van der Waals surface area contributed by atoms with Crippen LogP contribution in [0.1, 0.15) is 43.0 Å². The Morgan fingerprint density at radius 1 is 0.895 bits per heavy atom. The topological polar surface area (TPSA) is 204 Å². The average Bonchev–Trinajstić information content (AvgIpc) is 2.85. The van der Waals surface area contributed by atoms with E-state index in [0.717, 1.165) is 11.3 Å². The maximum atomic E-state index is 12.6. The number of carbonyl (C=O) groups excluding carboxylic acids is 2. The lowest BCUT2D eigenvalue weighted by molar-refractivity contribution is -0.127. The summed E-state index contributed by atoms with van der Waals surface area (Å²) in [5, 5.41) is 19.9. The Kier molecular flexibility index (Phi) is 13.5. The number of benzene rings is 2. The summed E-state index contributed by atoms with van der Waals surface area (Å²) < 4.78 is 27.7. The van der Waals surface area contributed by atoms with Crippen molar-refractivity contribution in [2.45, 2.75) is 39.1 Å². The molecule has 2 rings (SSSR count). The van der Waals surface area contributed by atoms with Crippen molar-refractivity contribution in [3.8, 4) is 0 Å². The maximum Gasteiger partial charge on any atom is 0.239 e. The molecule has 2 aromatic rings. The van der Waals surface area contributed by atoms with Gasteiger partial charge in [0, 0.05) is 17.7 Å². The third-order valence-corrected chi connectivity index (χ3v) is 6.38. The summed E-state index contributed by atoms with van der Waals surface area (Å²) in [6.07, 6.45) is 0. The fraction of sp³-hybridized carbons (Fsp3) is 0.360. The van der Waals surface area contributed by atoms with E-state index in [1.807, 2.05) is 6.92 Å². The lowest BCUT2D eigenvalue weighted by Crippen LogP contribution is -2.51. The number of thiol groups is 1. The number of rotatable bonds is 12. The van der Waals surface area contributed by atoms with Crippen molar-refractivity contribution in [3.63, 3.8) is 0 Å². The van der Waals surface area contributed by atoms with Crippen LogP contribution in [0.2, 0.25) is 0 Å². The number of sulfonamides is 1. The van der Waals surface area contributed by atoms with Gasteiger partial charge in [-0.3, -0.25) is 20.4 Å². The Bertz CT molecular complexity index is 1200. The van der Waals surface area contributed by atoms with E-state index in [-0.39, 0.29) is 36.4 Å². The number of nitrogens with one attached hydrogen (secondary N) is 5. The molecule has 0 aromatic heterocycles. The third kappa shape index (κ3) is 11.8. The van der Waals surface area contributed by atoms with Gasteiger partial charge >= 0.3 is 0 Å². The second-order valence-corrected chi connectivity index (χ2v) is 11.0. The maximum absolute atomic E-state index is 12.6. The summed E-state index contributed by atoms with van der Waals surface area (Å²) in [6, 6.07) is 11.9. The van der Waals surface area contributed by atoms with E-state index in [9.17, 15) is 18.0 Å². The van der Waals surface area contributed by atoms with Gasteiger partial charge in [0.15, 0.2) is 0 Å². The molecule has 0 fully saturated rings. The Hall–Kier alpha value is -3.42. The molecule has 0 aliphatic rings. The van der Waals surface area contributed by atoms with Crippen LogP contribution in [0, 0.1) is 16.7 Å². The number of amidine groups is 2. The third-order valence-electron chi connectivity index (χ3n) is 5.06. The van der Waals surface area contributed by atoms with Crippen molar-refractivity contribution in [3.05, 3.63) is 70.8 Å². The molecule has 0 aliphatic heterocycles. The Balaban J connectivity index is 0.00000229. The fourth-order valence-electron chi connectivity index (χ4n) is 3.07. The second kappa shape index (κ2) is 15.7. The van der Waals surface area contributed by atoms with Gasteiger partial charge < -0.3 is 22.1 Å². The zero-order valence-electron chi connectivity index (χ0n) is 21.7. The van der Waals surface area contributed by atoms with E-state index in [4.69, 9.17) is 22.3 Å². The summed E-state index contributed by atoms with van der Waals surface area (Å²) in [5.41, 5.74) is 13.1. The molecule has 38 heavy (non-hydrogen) atoms. The first kappa shape index (κ1) is 32.6. The molecule has 11 nitrogen and oxygen atoms in total. The van der Waals surface area contributed by atoms with Crippen molar-refractivity contribution in [1.29, 1.82) is 10.8 Å². The SMILES string of the molecule is CC(C)C(NS(=O)(=O)Cc1ccc(C(=N)N)cc1)C(=O)NCC(=O)NCc1ccc(C(=N)N)cc1.CCS. The summed E-state index contributed by atoms with van der Waals surface area (Å²) in [5.74, 6) is -1.01. The minimum absolute atomic E-state index is 0.0514. The highest BCUT2D eigenvalue weighted by molar-refractivity contribution is 7.88. The van der Waals surface area contributed by atoms with Gasteiger partial charge in [-0.05, 0) is 22.8 Å². The van der Waals surface area contributed by atoms with Crippen LogP contribution >= 0.6 is 12.6 Å². The molecule has 9 N–H and O–H groups in total. The van der Waals surface area contributed by atoms with Crippen molar-refractivity contribution in [2.75, 3.05) is 12.3 Å². The number of amides is 2. The summed E-state index contributed by atoms with van der Waals surface area (Å²) >= 11 is 3.79. The van der Waals surface area contributed by atoms with Crippen LogP contribution in [-0.4, -0.2) is 50.2 Å². The summed E-state index contributed by atoms with van der Waals surface area (Å²) in [7, 11) is -3.87. The molecule has 0 radical (unpaired) electrons. The van der Waals surface area contributed by atoms with Crippen LogP contribution < -0.4 is 26.8 Å². The van der Waals surface area contributed by atoms with Crippen molar-refractivity contribution < 1.29 is 18.0 Å². The Labute approximate surface area is 229 Å². The average molecular weight is 564 g/mol. The minimum Gasteiger partial charge on any atom is -0.384 e. The molecule has 0 spiro atoms. The molecule has 0 heterocycles. The molecular weight excluding hydrogens is 526 g/mol. The van der Waals surface area contributed by atoms with Crippen molar-refractivity contribution >= 4 is 46.1 Å². The molecule has 2 amide bonds. The van der Waals surface area contributed by atoms with Gasteiger partial charge in [0.2, 0.25) is 21.8 Å². The van der Waals surface area contributed by atoms with Crippen LogP contribution in [0.4, 0.5) is 0 Å². The number of hydrogen-bond acceptors (Lipinski definition) is 7. The molecule has 1 unspecified atom stereocenters. The first-order valence-corrected chi connectivity index (χ1v) is 14.1. The molecule has 0 bridgehead atoms. The molecule has 1 atom stereocenters. The lowest BCUT2D eigenvalue weighted by atomic mass is 10.1. The van der Waals surface area contributed by atoms with Crippen LogP contribution in [0.3, 0.4) is 0 Å². The first-order chi connectivity index (χ1) is 17.8. The van der Waals surface area contributed by atoms with E-state index in [0.29, 0.717) is 16.7 Å². The fourth-order valence-corrected chi connectivity index (χ4v) is 4.55. The molecule has 0 saturated carbocycles. The zero-order chi connectivity index (χ0) is 28.9. The van der Waals surface area contributed by atoms with Gasteiger partial charge in [-0.2, -0.15) is 12.6 Å². The Morgan fingerprint density at radius 3 is 1.76 bits per heavy atom. The molecule has 208 valence electrons. The normalized spacial score (nSPS) is 11.6. The van der Waals surface area contributed by atoms with Gasteiger partial charge in [0.05, 0.1) is 12.3 Å². The standard InChI is InChI=1S/C23H31N7O4S.C2H6S/c1-14(2)20(30-35(33,34)13-16-5-9-18(10-6-16)22(26)27)23(32)29-12-19(31)28-11-15-3-7-17(8-4-15)21(24)25;1-2-3/h3-10,14,20,30H,11-13H2,1-2H3,(H3,24,25)(H3,26,27)(H,28,31)(H,29,32);3H,2H2,1H3. The van der Waals surface area contributed by atoms with E-state index < -0.39 is 27.9 Å². The highest BCUT2D eigenvalue weighted by Gasteiger charge is 2.27. The van der Waals surface area contributed by atoms with Gasteiger partial charge in [0.1, 0.15) is 17.7 Å². The van der Waals surface area contributed by atoms with Crippen LogP contribution in [0.25, 0.3) is 0 Å². The van der Waals surface area contributed by atoms with Crippen LogP contribution in [-0.2, 0) is 31.9 Å². The highest BCUT2D eigenvalue weighted by Crippen LogP contribution is 2.10. The first-order valence-electron chi connectivity index (χ1n) is 11.8. The van der Waals surface area contributed by atoms with Crippen LogP contribution in [0.15, 0.2) is 48.5 Å². The quantitative estimate of drug-likeness (QED) is 0.108. The van der Waals surface area contributed by atoms with Gasteiger partial charge in [-0.25, -0.2) is 13.1 Å². The minimum atomic E-state index is -3.87. The second-order valence-electron chi connectivity index (χ2n) is 8.63.